The van der Waals surface area contributed by atoms with Gasteiger partial charge in [-0.3, -0.25) is 9.59 Å². The number of aliphatic hydroxyl groups excluding tert-OH is 2. The maximum absolute atomic E-state index is 12.4. The number of esters is 1. The molecule has 0 aromatic rings. The van der Waals surface area contributed by atoms with Crippen molar-refractivity contribution in [1.82, 2.24) is 5.32 Å². The van der Waals surface area contributed by atoms with Crippen LogP contribution in [0.2, 0.25) is 0 Å². The monoisotopic (exact) mass is 1040 g/mol. The van der Waals surface area contributed by atoms with Crippen molar-refractivity contribution < 1.29 is 24.5 Å². The number of hydrogen-bond donors (Lipinski definition) is 3. The van der Waals surface area contributed by atoms with Gasteiger partial charge in [-0.2, -0.15) is 0 Å². The third kappa shape index (κ3) is 59.3. The third-order valence-electron chi connectivity index (χ3n) is 15.4. The zero-order valence-electron chi connectivity index (χ0n) is 49.8. The predicted octanol–water partition coefficient (Wildman–Crippen LogP) is 21.1. The van der Waals surface area contributed by atoms with Crippen LogP contribution in [0.15, 0.2) is 36.5 Å². The molecule has 0 radical (unpaired) electrons. The summed E-state index contributed by atoms with van der Waals surface area (Å²) in [5.41, 5.74) is 0. The molecule has 0 aromatic carbocycles. The lowest BCUT2D eigenvalue weighted by atomic mass is 10.0. The number of hydrogen-bond acceptors (Lipinski definition) is 5. The summed E-state index contributed by atoms with van der Waals surface area (Å²) in [5.74, 6) is -0.0510. The maximum Gasteiger partial charge on any atom is 0.305 e. The van der Waals surface area contributed by atoms with Crippen molar-refractivity contribution >= 4 is 11.9 Å². The fourth-order valence-corrected chi connectivity index (χ4v) is 10.3. The van der Waals surface area contributed by atoms with E-state index in [0.29, 0.717) is 19.4 Å². The van der Waals surface area contributed by atoms with Gasteiger partial charge in [0.2, 0.25) is 5.91 Å². The third-order valence-corrected chi connectivity index (χ3v) is 15.4. The van der Waals surface area contributed by atoms with Crippen LogP contribution in [0.1, 0.15) is 361 Å². The predicted molar refractivity (Wildman–Crippen MR) is 324 cm³/mol. The average Bonchev–Trinajstić information content (AvgIpc) is 3.40. The SMILES string of the molecule is CCCCCCCCCCCC/C=C/C(O)C(CO)NC(=O)CCCCCCCCCCCCCCCCCCC/C=C\C/C=C\CCCCCCCCCCCOC(=O)CCCCCCCCCCCCCC. The van der Waals surface area contributed by atoms with Crippen LogP contribution < -0.4 is 5.32 Å². The highest BCUT2D eigenvalue weighted by atomic mass is 16.5. The lowest BCUT2D eigenvalue weighted by Crippen LogP contribution is -2.45. The first-order valence-corrected chi connectivity index (χ1v) is 33.3. The molecule has 0 fully saturated rings. The van der Waals surface area contributed by atoms with Gasteiger partial charge in [0.1, 0.15) is 0 Å². The van der Waals surface area contributed by atoms with Crippen molar-refractivity contribution in [2.45, 2.75) is 373 Å². The second kappa shape index (κ2) is 63.6. The molecule has 6 heteroatoms. The van der Waals surface area contributed by atoms with Crippen LogP contribution >= 0.6 is 0 Å². The number of ether oxygens (including phenoxy) is 1. The Morgan fingerprint density at radius 3 is 1.03 bits per heavy atom. The average molecular weight is 1040 g/mol. The number of carbonyl (C=O) groups excluding carboxylic acids is 2. The zero-order chi connectivity index (χ0) is 53.6. The van der Waals surface area contributed by atoms with Crippen LogP contribution in [0.4, 0.5) is 0 Å². The van der Waals surface area contributed by atoms with Gasteiger partial charge in [0.05, 0.1) is 25.4 Å². The number of carbonyl (C=O) groups is 2. The molecule has 0 saturated heterocycles. The van der Waals surface area contributed by atoms with E-state index in [4.69, 9.17) is 4.74 Å². The fraction of sp³-hybridized carbons (Fsp3) is 0.882. The van der Waals surface area contributed by atoms with Gasteiger partial charge in [0.25, 0.3) is 0 Å². The first-order chi connectivity index (χ1) is 36.5. The minimum atomic E-state index is -0.842. The summed E-state index contributed by atoms with van der Waals surface area (Å²) in [6, 6.07) is -0.625. The summed E-state index contributed by atoms with van der Waals surface area (Å²) in [4.78, 5) is 24.5. The second-order valence-corrected chi connectivity index (χ2v) is 22.8. The van der Waals surface area contributed by atoms with E-state index < -0.39 is 12.1 Å². The Hall–Kier alpha value is -1.92. The molecule has 0 bridgehead atoms. The molecule has 0 spiro atoms. The van der Waals surface area contributed by atoms with Crippen molar-refractivity contribution in [3.05, 3.63) is 36.5 Å². The molecule has 1 amide bonds. The van der Waals surface area contributed by atoms with Gasteiger partial charge in [-0.1, -0.05) is 320 Å². The number of amides is 1. The molecule has 3 N–H and O–H groups in total. The van der Waals surface area contributed by atoms with E-state index >= 15 is 0 Å². The Balaban J connectivity index is 3.38. The summed E-state index contributed by atoms with van der Waals surface area (Å²) in [7, 11) is 0. The fourth-order valence-electron chi connectivity index (χ4n) is 10.3. The molecule has 0 heterocycles. The smallest absolute Gasteiger partial charge is 0.305 e. The highest BCUT2D eigenvalue weighted by Gasteiger charge is 2.18. The minimum absolute atomic E-state index is 0.0147. The standard InChI is InChI=1S/C68H129NO5/c1-3-5-7-9-11-13-15-40-44-48-52-56-60-66(71)65(64-70)69-67(72)61-57-53-49-45-41-38-36-34-32-30-28-26-24-22-20-18-17-19-21-23-25-27-29-31-33-35-37-39-43-47-51-55-59-63-74-68(73)62-58-54-50-46-42-16-14-12-10-8-6-4-2/h21,23,27,29,56,60,65-66,70-71H,3-20,22,24-26,28,30-55,57-59,61-64H2,1-2H3,(H,69,72)/b23-21-,29-27-,60-56+. The van der Waals surface area contributed by atoms with E-state index in [1.165, 1.54) is 289 Å². The van der Waals surface area contributed by atoms with Gasteiger partial charge in [-0.15, -0.1) is 0 Å². The number of unbranched alkanes of at least 4 members (excludes halogenated alkanes) is 47. The maximum atomic E-state index is 12.4. The Kier molecular flexibility index (Phi) is 62.0. The normalized spacial score (nSPS) is 12.8. The van der Waals surface area contributed by atoms with Gasteiger partial charge in [-0.05, 0) is 64.2 Å². The molecule has 74 heavy (non-hydrogen) atoms. The number of allylic oxidation sites excluding steroid dienone is 5. The second-order valence-electron chi connectivity index (χ2n) is 22.8. The number of rotatable bonds is 62. The Morgan fingerprint density at radius 1 is 0.378 bits per heavy atom. The van der Waals surface area contributed by atoms with E-state index in [2.05, 4.69) is 43.5 Å². The van der Waals surface area contributed by atoms with Gasteiger partial charge < -0.3 is 20.3 Å². The largest absolute Gasteiger partial charge is 0.466 e. The molecule has 436 valence electrons. The summed E-state index contributed by atoms with van der Waals surface area (Å²) in [5, 5.41) is 23.1. The van der Waals surface area contributed by atoms with Gasteiger partial charge in [0.15, 0.2) is 0 Å². The lowest BCUT2D eigenvalue weighted by molar-refractivity contribution is -0.143. The molecule has 0 rings (SSSR count). The van der Waals surface area contributed by atoms with Crippen molar-refractivity contribution in [3.8, 4) is 0 Å². The summed E-state index contributed by atoms with van der Waals surface area (Å²) >= 11 is 0. The van der Waals surface area contributed by atoms with Crippen LogP contribution in [-0.2, 0) is 14.3 Å². The number of nitrogens with one attached hydrogen (secondary N) is 1. The van der Waals surface area contributed by atoms with Gasteiger partial charge in [0, 0.05) is 12.8 Å². The molecular formula is C68H129NO5. The molecule has 0 saturated carbocycles. The Bertz CT molecular complexity index is 1200. The van der Waals surface area contributed by atoms with Gasteiger partial charge in [-0.25, -0.2) is 0 Å². The van der Waals surface area contributed by atoms with Crippen molar-refractivity contribution in [2.75, 3.05) is 13.2 Å². The first kappa shape index (κ1) is 72.1. The van der Waals surface area contributed by atoms with Crippen molar-refractivity contribution in [3.63, 3.8) is 0 Å². The minimum Gasteiger partial charge on any atom is -0.466 e. The molecule has 6 nitrogen and oxygen atoms in total. The molecular weight excluding hydrogens is 911 g/mol. The van der Waals surface area contributed by atoms with E-state index in [1.807, 2.05) is 6.08 Å². The van der Waals surface area contributed by atoms with E-state index in [0.717, 1.165) is 44.9 Å². The first-order valence-electron chi connectivity index (χ1n) is 33.3. The lowest BCUT2D eigenvalue weighted by Gasteiger charge is -2.20. The summed E-state index contributed by atoms with van der Waals surface area (Å²) < 4.78 is 5.47. The quantitative estimate of drug-likeness (QED) is 0.0320. The van der Waals surface area contributed by atoms with E-state index in [1.54, 1.807) is 6.08 Å². The Morgan fingerprint density at radius 2 is 0.676 bits per heavy atom. The van der Waals surface area contributed by atoms with E-state index in [9.17, 15) is 19.8 Å². The topological polar surface area (TPSA) is 95.9 Å². The van der Waals surface area contributed by atoms with Gasteiger partial charge >= 0.3 is 5.97 Å². The van der Waals surface area contributed by atoms with Crippen molar-refractivity contribution in [2.24, 2.45) is 0 Å². The molecule has 0 aromatic heterocycles. The van der Waals surface area contributed by atoms with Crippen LogP contribution in [0, 0.1) is 0 Å². The Labute approximate surface area is 462 Å². The molecule has 2 unspecified atom stereocenters. The summed E-state index contributed by atoms with van der Waals surface area (Å²) in [6.45, 7) is 4.91. The molecule has 0 aliphatic rings. The molecule has 2 atom stereocenters. The van der Waals surface area contributed by atoms with Crippen LogP contribution in [0.3, 0.4) is 0 Å². The molecule has 0 aliphatic heterocycles. The number of aliphatic hydroxyl groups is 2. The van der Waals surface area contributed by atoms with Crippen LogP contribution in [0.5, 0.6) is 0 Å². The highest BCUT2D eigenvalue weighted by Crippen LogP contribution is 2.18. The summed E-state index contributed by atoms with van der Waals surface area (Å²) in [6.07, 6.45) is 80.8. The van der Waals surface area contributed by atoms with E-state index in [-0.39, 0.29) is 18.5 Å². The van der Waals surface area contributed by atoms with Crippen molar-refractivity contribution in [1.29, 1.82) is 0 Å². The van der Waals surface area contributed by atoms with Crippen LogP contribution in [-0.4, -0.2) is 47.4 Å². The zero-order valence-corrected chi connectivity index (χ0v) is 49.8. The molecule has 0 aliphatic carbocycles. The van der Waals surface area contributed by atoms with Crippen LogP contribution in [0.25, 0.3) is 0 Å². The highest BCUT2D eigenvalue weighted by molar-refractivity contribution is 5.76.